The van der Waals surface area contributed by atoms with Gasteiger partial charge in [-0.05, 0) is 74.2 Å². The number of alkyl carbamates (subject to hydrolysis) is 1. The van der Waals surface area contributed by atoms with Crippen LogP contribution >= 0.6 is 0 Å². The van der Waals surface area contributed by atoms with E-state index in [1.54, 1.807) is 39.1 Å². The molecule has 234 valence electrons. The van der Waals surface area contributed by atoms with Crippen LogP contribution in [0.4, 0.5) is 16.3 Å². The molecule has 0 bridgehead atoms. The van der Waals surface area contributed by atoms with Gasteiger partial charge in [-0.3, -0.25) is 0 Å². The SMILES string of the molecule is COC(=O)c1cc(-c2ccnc(N3CCOCC3)c2)ccc1NC(C#N)C(Cc1c[nH]c2ccccc12)NC(=O)OC(C)(C)C. The molecule has 0 radical (unpaired) electrons. The number of aromatic amines is 1. The number of pyridine rings is 1. The van der Waals surface area contributed by atoms with Gasteiger partial charge in [0.1, 0.15) is 17.5 Å². The lowest BCUT2D eigenvalue weighted by atomic mass is 9.98. The molecule has 2 aromatic carbocycles. The van der Waals surface area contributed by atoms with Crippen LogP contribution in [0.3, 0.4) is 0 Å². The topological polar surface area (TPSA) is 142 Å². The van der Waals surface area contributed by atoms with Gasteiger partial charge in [0.2, 0.25) is 0 Å². The lowest BCUT2D eigenvalue weighted by Gasteiger charge is -2.28. The van der Waals surface area contributed by atoms with Gasteiger partial charge < -0.3 is 34.7 Å². The van der Waals surface area contributed by atoms with Crippen LogP contribution < -0.4 is 15.5 Å². The third-order valence-corrected chi connectivity index (χ3v) is 7.51. The van der Waals surface area contributed by atoms with E-state index in [1.165, 1.54) is 7.11 Å². The summed E-state index contributed by atoms with van der Waals surface area (Å²) in [6.07, 6.45) is 3.29. The summed E-state index contributed by atoms with van der Waals surface area (Å²) in [7, 11) is 1.31. The Morgan fingerprint density at radius 2 is 1.87 bits per heavy atom. The van der Waals surface area contributed by atoms with Crippen LogP contribution in [0, 0.1) is 11.3 Å². The summed E-state index contributed by atoms with van der Waals surface area (Å²) >= 11 is 0. The molecule has 2 atom stereocenters. The largest absolute Gasteiger partial charge is 0.465 e. The quantitative estimate of drug-likeness (QED) is 0.216. The Balaban J connectivity index is 1.45. The van der Waals surface area contributed by atoms with Crippen molar-refractivity contribution in [1.29, 1.82) is 5.26 Å². The van der Waals surface area contributed by atoms with E-state index in [0.717, 1.165) is 46.5 Å². The summed E-state index contributed by atoms with van der Waals surface area (Å²) in [5, 5.41) is 17.4. The Kier molecular flexibility index (Phi) is 9.54. The van der Waals surface area contributed by atoms with E-state index >= 15 is 0 Å². The number of hydrogen-bond acceptors (Lipinski definition) is 9. The number of carbonyl (C=O) groups excluding carboxylic acids is 2. The molecule has 0 aliphatic carbocycles. The van der Waals surface area contributed by atoms with Crippen LogP contribution in [0.5, 0.6) is 0 Å². The zero-order chi connectivity index (χ0) is 32.0. The standard InChI is InChI=1S/C34H38N6O5/c1-34(2,3)45-33(42)39-29(18-24-21-37-27-8-6-5-7-25(24)27)30(20-35)38-28-10-9-22(17-26(28)32(41)43-4)23-11-12-36-31(19-23)40-13-15-44-16-14-40/h5-12,17,19,21,29-30,37-38H,13-16,18H2,1-4H3,(H,39,42). The number of nitrogens with one attached hydrogen (secondary N) is 3. The van der Waals surface area contributed by atoms with Gasteiger partial charge in [0.25, 0.3) is 0 Å². The number of ether oxygens (including phenoxy) is 3. The molecule has 3 N–H and O–H groups in total. The van der Waals surface area contributed by atoms with E-state index < -0.39 is 29.7 Å². The van der Waals surface area contributed by atoms with Crippen LogP contribution in [-0.2, 0) is 20.6 Å². The second kappa shape index (κ2) is 13.7. The number of esters is 1. The number of benzene rings is 2. The van der Waals surface area contributed by atoms with Crippen molar-refractivity contribution >= 4 is 34.5 Å². The molecule has 3 heterocycles. The van der Waals surface area contributed by atoms with Crippen molar-refractivity contribution in [2.45, 2.75) is 44.9 Å². The van der Waals surface area contributed by atoms with Crippen molar-refractivity contribution in [2.24, 2.45) is 0 Å². The zero-order valence-corrected chi connectivity index (χ0v) is 25.9. The highest BCUT2D eigenvalue weighted by atomic mass is 16.6. The molecule has 1 aliphatic heterocycles. The number of H-pyrrole nitrogens is 1. The summed E-state index contributed by atoms with van der Waals surface area (Å²) in [5.74, 6) is 0.266. The second-order valence-corrected chi connectivity index (χ2v) is 11.8. The second-order valence-electron chi connectivity index (χ2n) is 11.8. The fraction of sp³-hybridized carbons (Fsp3) is 0.353. The van der Waals surface area contributed by atoms with Gasteiger partial charge in [0.05, 0.1) is 38.0 Å². The lowest BCUT2D eigenvalue weighted by Crippen LogP contribution is -2.49. The minimum Gasteiger partial charge on any atom is -0.465 e. The fourth-order valence-corrected chi connectivity index (χ4v) is 5.33. The maximum Gasteiger partial charge on any atom is 0.407 e. The fourth-order valence-electron chi connectivity index (χ4n) is 5.33. The first kappa shape index (κ1) is 31.3. The highest BCUT2D eigenvalue weighted by Crippen LogP contribution is 2.29. The van der Waals surface area contributed by atoms with Crippen molar-refractivity contribution in [2.75, 3.05) is 43.6 Å². The van der Waals surface area contributed by atoms with Crippen LogP contribution in [0.25, 0.3) is 22.0 Å². The van der Waals surface area contributed by atoms with Crippen LogP contribution in [-0.4, -0.2) is 73.1 Å². The van der Waals surface area contributed by atoms with Crippen LogP contribution in [0.15, 0.2) is 67.0 Å². The lowest BCUT2D eigenvalue weighted by molar-refractivity contribution is 0.0501. The van der Waals surface area contributed by atoms with Gasteiger partial charge in [0, 0.05) is 42.1 Å². The number of nitrogens with zero attached hydrogens (tertiary/aromatic N) is 3. The van der Waals surface area contributed by atoms with Crippen molar-refractivity contribution < 1.29 is 23.8 Å². The Labute approximate surface area is 262 Å². The number of amides is 1. The summed E-state index contributed by atoms with van der Waals surface area (Å²) < 4.78 is 16.1. The molecule has 1 saturated heterocycles. The van der Waals surface area contributed by atoms with Crippen LogP contribution in [0.1, 0.15) is 36.7 Å². The van der Waals surface area contributed by atoms with E-state index in [0.29, 0.717) is 25.3 Å². The molecule has 1 aliphatic rings. The molecule has 4 aromatic rings. The number of rotatable bonds is 9. The highest BCUT2D eigenvalue weighted by Gasteiger charge is 2.29. The van der Waals surface area contributed by atoms with Crippen molar-refractivity contribution in [3.8, 4) is 17.2 Å². The Morgan fingerprint density at radius 1 is 1.11 bits per heavy atom. The van der Waals surface area contributed by atoms with Gasteiger partial charge in [0.15, 0.2) is 0 Å². The molecule has 5 rings (SSSR count). The molecule has 0 spiro atoms. The first-order valence-corrected chi connectivity index (χ1v) is 14.9. The number of aromatic nitrogens is 2. The molecule has 1 amide bonds. The minimum atomic E-state index is -0.936. The summed E-state index contributed by atoms with van der Waals surface area (Å²) in [4.78, 5) is 35.9. The number of fused-ring (bicyclic) bond motifs is 1. The van der Waals surface area contributed by atoms with Gasteiger partial charge in [-0.15, -0.1) is 0 Å². The van der Waals surface area contributed by atoms with Gasteiger partial charge >= 0.3 is 12.1 Å². The predicted molar refractivity (Wildman–Crippen MR) is 172 cm³/mol. The smallest absolute Gasteiger partial charge is 0.407 e. The first-order chi connectivity index (χ1) is 21.6. The average Bonchev–Trinajstić information content (AvgIpc) is 3.45. The minimum absolute atomic E-state index is 0.253. The predicted octanol–water partition coefficient (Wildman–Crippen LogP) is 5.29. The van der Waals surface area contributed by atoms with E-state index in [-0.39, 0.29) is 5.56 Å². The maximum atomic E-state index is 13.0. The van der Waals surface area contributed by atoms with Crippen molar-refractivity contribution in [3.05, 3.63) is 78.1 Å². The third kappa shape index (κ3) is 7.72. The molecule has 2 aromatic heterocycles. The third-order valence-electron chi connectivity index (χ3n) is 7.51. The number of anilines is 2. The Bertz CT molecular complexity index is 1700. The molecule has 45 heavy (non-hydrogen) atoms. The molecule has 11 nitrogen and oxygen atoms in total. The number of hydrogen-bond donors (Lipinski definition) is 3. The van der Waals surface area contributed by atoms with Gasteiger partial charge in [-0.2, -0.15) is 5.26 Å². The maximum absolute atomic E-state index is 13.0. The molecule has 1 fully saturated rings. The number of para-hydroxylation sites is 1. The normalized spacial score (nSPS) is 14.7. The summed E-state index contributed by atoms with van der Waals surface area (Å²) in [5.41, 5.74) is 3.45. The Morgan fingerprint density at radius 3 is 2.60 bits per heavy atom. The average molecular weight is 611 g/mol. The zero-order valence-electron chi connectivity index (χ0n) is 25.9. The number of nitriles is 1. The molecular weight excluding hydrogens is 572 g/mol. The van der Waals surface area contributed by atoms with Crippen LogP contribution in [0.2, 0.25) is 0 Å². The number of methoxy groups -OCH3 is 1. The Hall–Kier alpha value is -5.08. The highest BCUT2D eigenvalue weighted by molar-refractivity contribution is 5.97. The number of carbonyl (C=O) groups is 2. The van der Waals surface area contributed by atoms with Gasteiger partial charge in [-0.1, -0.05) is 24.3 Å². The van der Waals surface area contributed by atoms with E-state index in [9.17, 15) is 14.9 Å². The van der Waals surface area contributed by atoms with Gasteiger partial charge in [-0.25, -0.2) is 14.6 Å². The van der Waals surface area contributed by atoms with E-state index in [1.807, 2.05) is 48.7 Å². The monoisotopic (exact) mass is 610 g/mol. The number of morpholine rings is 1. The molecule has 0 saturated carbocycles. The van der Waals surface area contributed by atoms with Crippen molar-refractivity contribution in [1.82, 2.24) is 15.3 Å². The van der Waals surface area contributed by atoms with E-state index in [2.05, 4.69) is 31.6 Å². The van der Waals surface area contributed by atoms with Crippen molar-refractivity contribution in [3.63, 3.8) is 0 Å². The van der Waals surface area contributed by atoms with E-state index in [4.69, 9.17) is 14.2 Å². The molecule has 11 heteroatoms. The molecular formula is C34H38N6O5. The summed E-state index contributed by atoms with van der Waals surface area (Å²) in [6, 6.07) is 17.7. The summed E-state index contributed by atoms with van der Waals surface area (Å²) in [6.45, 7) is 8.11. The first-order valence-electron chi connectivity index (χ1n) is 14.9. The molecule has 2 unspecified atom stereocenters.